The van der Waals surface area contributed by atoms with Crippen LogP contribution in [0.3, 0.4) is 0 Å². The van der Waals surface area contributed by atoms with Gasteiger partial charge in [0.05, 0.1) is 13.2 Å². The Morgan fingerprint density at radius 3 is 2.04 bits per heavy atom. The van der Waals surface area contributed by atoms with Gasteiger partial charge in [-0.3, -0.25) is 0 Å². The van der Waals surface area contributed by atoms with E-state index in [2.05, 4.69) is 0 Å². The van der Waals surface area contributed by atoms with E-state index in [4.69, 9.17) is 24.1 Å². The molecule has 0 spiro atoms. The van der Waals surface area contributed by atoms with E-state index in [1.54, 1.807) is 0 Å². The van der Waals surface area contributed by atoms with Crippen LogP contribution in [0.4, 0.5) is 0 Å². The van der Waals surface area contributed by atoms with Gasteiger partial charge in [-0.1, -0.05) is 0 Å². The van der Waals surface area contributed by atoms with Gasteiger partial charge in [-0.15, -0.1) is 0 Å². The number of ether oxygens (including phenoxy) is 4. The highest BCUT2D eigenvalue weighted by molar-refractivity contribution is 4.93. The number of methoxy groups -OCH3 is 1. The molecule has 142 valence electrons. The molecule has 2 saturated heterocycles. The molecule has 2 fully saturated rings. The summed E-state index contributed by atoms with van der Waals surface area (Å²) in [5.41, 5.74) is 0. The molecule has 0 amide bonds. The third-order valence-electron chi connectivity index (χ3n) is 4.13. The lowest BCUT2D eigenvalue weighted by molar-refractivity contribution is -0.355. The molecule has 0 saturated carbocycles. The fourth-order valence-electron chi connectivity index (χ4n) is 2.72. The fourth-order valence-corrected chi connectivity index (χ4v) is 2.72. The summed E-state index contributed by atoms with van der Waals surface area (Å²) in [4.78, 5) is 0. The van der Waals surface area contributed by atoms with E-state index >= 15 is 0 Å². The Labute approximate surface area is 137 Å². The van der Waals surface area contributed by atoms with Crippen molar-refractivity contribution in [3.05, 3.63) is 0 Å². The molecule has 11 heteroatoms. The first kappa shape index (κ1) is 19.9. The molecular formula is C13H24O11. The topological polar surface area (TPSA) is 179 Å². The average molecular weight is 356 g/mol. The zero-order chi connectivity index (χ0) is 18.0. The Morgan fingerprint density at radius 1 is 0.792 bits per heavy atom. The summed E-state index contributed by atoms with van der Waals surface area (Å²) in [6, 6.07) is 0. The van der Waals surface area contributed by atoms with Gasteiger partial charge in [0.1, 0.15) is 48.8 Å². The van der Waals surface area contributed by atoms with E-state index in [0.29, 0.717) is 0 Å². The van der Waals surface area contributed by atoms with Crippen LogP contribution >= 0.6 is 0 Å². The van der Waals surface area contributed by atoms with Crippen molar-refractivity contribution in [3.63, 3.8) is 0 Å². The molecule has 2 rings (SSSR count). The molecule has 0 aromatic carbocycles. The molecule has 0 radical (unpaired) electrons. The average Bonchev–Trinajstić information content (AvgIpc) is 2.56. The normalized spacial score (nSPS) is 50.0. The van der Waals surface area contributed by atoms with Crippen molar-refractivity contribution in [1.82, 2.24) is 0 Å². The SMILES string of the molecule is COCC1OC(O)C(O)C(O)C1OC1OC(CO)C(O)C(O)C1O. The predicted octanol–water partition coefficient (Wildman–Crippen LogP) is -4.74. The highest BCUT2D eigenvalue weighted by atomic mass is 16.7. The molecule has 11 nitrogen and oxygen atoms in total. The molecule has 2 aliphatic rings. The van der Waals surface area contributed by atoms with E-state index in [-0.39, 0.29) is 6.61 Å². The van der Waals surface area contributed by atoms with Gasteiger partial charge in [0.15, 0.2) is 12.6 Å². The van der Waals surface area contributed by atoms with Gasteiger partial charge in [-0.2, -0.15) is 0 Å². The van der Waals surface area contributed by atoms with Crippen LogP contribution in [-0.4, -0.2) is 117 Å². The number of hydrogen-bond acceptors (Lipinski definition) is 11. The molecule has 10 atom stereocenters. The van der Waals surface area contributed by atoms with E-state index in [1.165, 1.54) is 7.11 Å². The lowest BCUT2D eigenvalue weighted by Gasteiger charge is -2.45. The van der Waals surface area contributed by atoms with Crippen molar-refractivity contribution >= 4 is 0 Å². The second-order valence-electron chi connectivity index (χ2n) is 5.80. The summed E-state index contributed by atoms with van der Waals surface area (Å²) in [5, 5.41) is 67.9. The second kappa shape index (κ2) is 8.29. The van der Waals surface area contributed by atoms with Gasteiger partial charge in [-0.05, 0) is 0 Å². The van der Waals surface area contributed by atoms with Crippen LogP contribution in [0.1, 0.15) is 0 Å². The molecule has 0 aromatic rings. The van der Waals surface area contributed by atoms with Crippen LogP contribution in [0.25, 0.3) is 0 Å². The fraction of sp³-hybridized carbons (Fsp3) is 1.00. The monoisotopic (exact) mass is 356 g/mol. The number of aliphatic hydroxyl groups is 7. The third-order valence-corrected chi connectivity index (χ3v) is 4.13. The molecule has 7 N–H and O–H groups in total. The summed E-state index contributed by atoms with van der Waals surface area (Å²) in [6.45, 7) is -0.750. The van der Waals surface area contributed by atoms with Crippen molar-refractivity contribution in [2.45, 2.75) is 61.4 Å². The van der Waals surface area contributed by atoms with Crippen molar-refractivity contribution in [2.24, 2.45) is 0 Å². The minimum absolute atomic E-state index is 0.108. The molecule has 2 aliphatic heterocycles. The second-order valence-corrected chi connectivity index (χ2v) is 5.80. The number of rotatable bonds is 5. The largest absolute Gasteiger partial charge is 0.394 e. The Morgan fingerprint density at radius 2 is 1.46 bits per heavy atom. The first-order valence-corrected chi connectivity index (χ1v) is 7.46. The molecule has 0 aliphatic carbocycles. The minimum Gasteiger partial charge on any atom is -0.394 e. The number of aliphatic hydroxyl groups excluding tert-OH is 7. The molecule has 0 aromatic heterocycles. The van der Waals surface area contributed by atoms with Crippen molar-refractivity contribution < 1.29 is 54.7 Å². The maximum Gasteiger partial charge on any atom is 0.187 e. The lowest BCUT2D eigenvalue weighted by Crippen LogP contribution is -2.64. The summed E-state index contributed by atoms with van der Waals surface area (Å²) < 4.78 is 20.6. The van der Waals surface area contributed by atoms with Gasteiger partial charge in [0.2, 0.25) is 0 Å². The zero-order valence-electron chi connectivity index (χ0n) is 13.0. The van der Waals surface area contributed by atoms with Crippen LogP contribution in [0, 0.1) is 0 Å². The Balaban J connectivity index is 2.13. The lowest BCUT2D eigenvalue weighted by atomic mass is 9.97. The van der Waals surface area contributed by atoms with E-state index in [1.807, 2.05) is 0 Å². The van der Waals surface area contributed by atoms with Crippen LogP contribution in [-0.2, 0) is 18.9 Å². The molecule has 24 heavy (non-hydrogen) atoms. The van der Waals surface area contributed by atoms with Crippen molar-refractivity contribution in [2.75, 3.05) is 20.3 Å². The molecular weight excluding hydrogens is 332 g/mol. The van der Waals surface area contributed by atoms with Crippen LogP contribution in [0.2, 0.25) is 0 Å². The summed E-state index contributed by atoms with van der Waals surface area (Å²) in [6.07, 6.45) is -14.8. The third kappa shape index (κ3) is 3.86. The maximum absolute atomic E-state index is 10.1. The van der Waals surface area contributed by atoms with E-state index in [0.717, 1.165) is 0 Å². The Kier molecular flexibility index (Phi) is 6.87. The Hall–Kier alpha value is -0.440. The predicted molar refractivity (Wildman–Crippen MR) is 73.4 cm³/mol. The van der Waals surface area contributed by atoms with Gasteiger partial charge in [-0.25, -0.2) is 0 Å². The quantitative estimate of drug-likeness (QED) is 0.251. The zero-order valence-corrected chi connectivity index (χ0v) is 13.0. The molecule has 0 bridgehead atoms. The first-order valence-electron chi connectivity index (χ1n) is 7.46. The maximum atomic E-state index is 10.1. The van der Waals surface area contributed by atoms with Crippen molar-refractivity contribution in [3.8, 4) is 0 Å². The molecule has 10 unspecified atom stereocenters. The van der Waals surface area contributed by atoms with E-state index in [9.17, 15) is 30.6 Å². The van der Waals surface area contributed by atoms with Crippen LogP contribution in [0.5, 0.6) is 0 Å². The summed E-state index contributed by atoms with van der Waals surface area (Å²) >= 11 is 0. The standard InChI is InChI=1S/C13H24O11/c1-21-3-5-11(8(17)9(18)12(20)22-5)24-13-10(19)7(16)6(15)4(2-14)23-13/h4-20H,2-3H2,1H3. The van der Waals surface area contributed by atoms with Crippen LogP contribution < -0.4 is 0 Å². The van der Waals surface area contributed by atoms with Gasteiger partial charge in [0, 0.05) is 7.11 Å². The summed E-state index contributed by atoms with van der Waals surface area (Å²) in [7, 11) is 1.35. The number of hydrogen-bond donors (Lipinski definition) is 7. The van der Waals surface area contributed by atoms with E-state index < -0.39 is 68.0 Å². The highest BCUT2D eigenvalue weighted by Crippen LogP contribution is 2.28. The van der Waals surface area contributed by atoms with Gasteiger partial charge in [0.25, 0.3) is 0 Å². The van der Waals surface area contributed by atoms with Crippen molar-refractivity contribution in [1.29, 1.82) is 0 Å². The first-order chi connectivity index (χ1) is 11.3. The smallest absolute Gasteiger partial charge is 0.187 e. The highest BCUT2D eigenvalue weighted by Gasteiger charge is 2.50. The van der Waals surface area contributed by atoms with Gasteiger partial charge < -0.3 is 54.7 Å². The molecule has 2 heterocycles. The minimum atomic E-state index is -1.68. The van der Waals surface area contributed by atoms with Crippen LogP contribution in [0.15, 0.2) is 0 Å². The Bertz CT molecular complexity index is 394. The van der Waals surface area contributed by atoms with Gasteiger partial charge >= 0.3 is 0 Å². The summed E-state index contributed by atoms with van der Waals surface area (Å²) in [5.74, 6) is 0.